The third-order valence-corrected chi connectivity index (χ3v) is 9.07. The average Bonchev–Trinajstić information content (AvgIpc) is 3.10. The zero-order valence-corrected chi connectivity index (χ0v) is 24.0. The number of nitrogens with zero attached hydrogens (tertiary/aromatic N) is 1. The van der Waals surface area contributed by atoms with E-state index in [1.54, 1.807) is 0 Å². The maximum Gasteiger partial charge on any atom is 0.0708 e. The predicted molar refractivity (Wildman–Crippen MR) is 188 cm³/mol. The Bertz CT molecular complexity index is 2550. The molecule has 0 unspecified atom stereocenters. The van der Waals surface area contributed by atoms with Crippen LogP contribution in [-0.4, -0.2) is 4.98 Å². The zero-order chi connectivity index (χ0) is 29.0. The molecule has 44 heavy (non-hydrogen) atoms. The first-order valence-electron chi connectivity index (χ1n) is 15.1. The van der Waals surface area contributed by atoms with Crippen molar-refractivity contribution in [1.82, 2.24) is 4.98 Å². The second-order valence-electron chi connectivity index (χ2n) is 11.5. The Kier molecular flexibility index (Phi) is 5.57. The van der Waals surface area contributed by atoms with E-state index in [0.717, 1.165) is 5.52 Å². The van der Waals surface area contributed by atoms with E-state index in [0.29, 0.717) is 0 Å². The van der Waals surface area contributed by atoms with Crippen LogP contribution in [0.3, 0.4) is 0 Å². The molecule has 0 saturated carbocycles. The molecule has 204 valence electrons. The summed E-state index contributed by atoms with van der Waals surface area (Å²) in [5.74, 6) is 0. The third kappa shape index (κ3) is 3.76. The summed E-state index contributed by atoms with van der Waals surface area (Å²) >= 11 is 0. The molecule has 0 spiro atoms. The van der Waals surface area contributed by atoms with Gasteiger partial charge in [0.05, 0.1) is 5.52 Å². The lowest BCUT2D eigenvalue weighted by Gasteiger charge is -2.21. The highest BCUT2D eigenvalue weighted by atomic mass is 14.7. The van der Waals surface area contributed by atoms with Crippen LogP contribution >= 0.6 is 0 Å². The number of aromatic nitrogens is 1. The molecule has 9 rings (SSSR count). The fourth-order valence-corrected chi connectivity index (χ4v) is 7.13. The molecule has 0 amide bonds. The van der Waals surface area contributed by atoms with Crippen LogP contribution < -0.4 is 0 Å². The summed E-state index contributed by atoms with van der Waals surface area (Å²) in [5.41, 5.74) is 8.38. The van der Waals surface area contributed by atoms with E-state index in [1.165, 1.54) is 81.9 Å². The Morgan fingerprint density at radius 2 is 0.932 bits per heavy atom. The molecule has 1 nitrogen and oxygen atoms in total. The van der Waals surface area contributed by atoms with Gasteiger partial charge >= 0.3 is 0 Å². The summed E-state index contributed by atoms with van der Waals surface area (Å²) in [4.78, 5) is 5.04. The van der Waals surface area contributed by atoms with Gasteiger partial charge in [-0.2, -0.15) is 0 Å². The molecule has 8 aromatic carbocycles. The number of rotatable bonds is 3. The van der Waals surface area contributed by atoms with Crippen LogP contribution in [0.15, 0.2) is 164 Å². The van der Waals surface area contributed by atoms with Gasteiger partial charge in [0.2, 0.25) is 0 Å². The van der Waals surface area contributed by atoms with Crippen molar-refractivity contribution in [3.05, 3.63) is 164 Å². The van der Waals surface area contributed by atoms with E-state index in [1.807, 2.05) is 0 Å². The van der Waals surface area contributed by atoms with Gasteiger partial charge in [0.15, 0.2) is 0 Å². The van der Waals surface area contributed by atoms with Crippen molar-refractivity contribution >= 4 is 54.0 Å². The predicted octanol–water partition coefficient (Wildman–Crippen LogP) is 11.8. The van der Waals surface area contributed by atoms with Crippen molar-refractivity contribution < 1.29 is 0 Å². The number of hydrogen-bond donors (Lipinski definition) is 0. The first-order chi connectivity index (χ1) is 21.8. The fourth-order valence-electron chi connectivity index (χ4n) is 7.13. The van der Waals surface area contributed by atoms with Crippen LogP contribution in [0.5, 0.6) is 0 Å². The van der Waals surface area contributed by atoms with Gasteiger partial charge in [-0.15, -0.1) is 0 Å². The number of pyridine rings is 1. The highest BCUT2D eigenvalue weighted by molar-refractivity contribution is 6.28. The molecule has 0 aliphatic carbocycles. The summed E-state index contributed by atoms with van der Waals surface area (Å²) in [6, 6.07) is 57.1. The number of fused-ring (bicyclic) bond motifs is 6. The SMILES string of the molecule is c1ccc(-c2c3ccccc3c(-c3ccc4ccccc4c3)c3c2cnc2ccccc23)c(-c2cccc3ccccc23)c1. The Balaban J connectivity index is 1.46. The van der Waals surface area contributed by atoms with E-state index >= 15 is 0 Å². The maximum atomic E-state index is 5.04. The van der Waals surface area contributed by atoms with Crippen LogP contribution in [0.25, 0.3) is 87.4 Å². The number of hydrogen-bond acceptors (Lipinski definition) is 1. The van der Waals surface area contributed by atoms with Crippen LogP contribution in [0.1, 0.15) is 0 Å². The average molecular weight is 558 g/mol. The minimum Gasteiger partial charge on any atom is -0.256 e. The Labute approximate surface area is 255 Å². The molecule has 0 radical (unpaired) electrons. The summed E-state index contributed by atoms with van der Waals surface area (Å²) < 4.78 is 0. The molecule has 0 bridgehead atoms. The van der Waals surface area contributed by atoms with Crippen molar-refractivity contribution in [3.63, 3.8) is 0 Å². The molecule has 0 aliphatic rings. The van der Waals surface area contributed by atoms with Crippen LogP contribution in [0.4, 0.5) is 0 Å². The molecular weight excluding hydrogens is 530 g/mol. The lowest BCUT2D eigenvalue weighted by atomic mass is 9.82. The van der Waals surface area contributed by atoms with Gasteiger partial charge in [0, 0.05) is 22.4 Å². The van der Waals surface area contributed by atoms with Crippen molar-refractivity contribution in [2.45, 2.75) is 0 Å². The minimum absolute atomic E-state index is 1.01. The molecule has 9 aromatic rings. The molecular formula is C43H27N. The maximum absolute atomic E-state index is 5.04. The lowest BCUT2D eigenvalue weighted by molar-refractivity contribution is 1.45. The largest absolute Gasteiger partial charge is 0.256 e. The molecule has 1 aromatic heterocycles. The lowest BCUT2D eigenvalue weighted by Crippen LogP contribution is -1.95. The van der Waals surface area contributed by atoms with Gasteiger partial charge in [-0.05, 0) is 77.8 Å². The smallest absolute Gasteiger partial charge is 0.0708 e. The molecule has 1 heteroatoms. The van der Waals surface area contributed by atoms with E-state index < -0.39 is 0 Å². The molecule has 1 heterocycles. The second kappa shape index (κ2) is 9.90. The van der Waals surface area contributed by atoms with E-state index in [-0.39, 0.29) is 0 Å². The van der Waals surface area contributed by atoms with Gasteiger partial charge in [-0.3, -0.25) is 4.98 Å². The minimum atomic E-state index is 1.01. The van der Waals surface area contributed by atoms with Crippen molar-refractivity contribution in [2.24, 2.45) is 0 Å². The molecule has 0 aliphatic heterocycles. The Morgan fingerprint density at radius 3 is 1.77 bits per heavy atom. The van der Waals surface area contributed by atoms with Crippen molar-refractivity contribution in [3.8, 4) is 33.4 Å². The third-order valence-electron chi connectivity index (χ3n) is 9.07. The van der Waals surface area contributed by atoms with Gasteiger partial charge < -0.3 is 0 Å². The van der Waals surface area contributed by atoms with Crippen molar-refractivity contribution in [1.29, 1.82) is 0 Å². The first kappa shape index (κ1) is 24.8. The Hall–Kier alpha value is -5.79. The summed E-state index contributed by atoms with van der Waals surface area (Å²) in [7, 11) is 0. The standard InChI is InChI=1S/C43H27N/c1-2-14-30-26-31(25-24-28(30)12-1)41-36-19-7-8-20-37(36)42(39-27-44-40-23-10-9-21-38(40)43(39)41)35-18-6-5-17-34(35)33-22-11-15-29-13-3-4-16-32(29)33/h1-27H. The van der Waals surface area contributed by atoms with E-state index in [4.69, 9.17) is 4.98 Å². The van der Waals surface area contributed by atoms with Gasteiger partial charge in [0.25, 0.3) is 0 Å². The topological polar surface area (TPSA) is 12.9 Å². The van der Waals surface area contributed by atoms with E-state index in [9.17, 15) is 0 Å². The highest BCUT2D eigenvalue weighted by Crippen LogP contribution is 2.48. The second-order valence-corrected chi connectivity index (χ2v) is 11.5. The zero-order valence-electron chi connectivity index (χ0n) is 24.0. The monoisotopic (exact) mass is 557 g/mol. The van der Waals surface area contributed by atoms with E-state index in [2.05, 4.69) is 164 Å². The highest BCUT2D eigenvalue weighted by Gasteiger charge is 2.21. The molecule has 0 fully saturated rings. The van der Waals surface area contributed by atoms with Gasteiger partial charge in [-0.25, -0.2) is 0 Å². The number of benzene rings is 8. The molecule has 0 atom stereocenters. The van der Waals surface area contributed by atoms with Gasteiger partial charge in [-0.1, -0.05) is 146 Å². The van der Waals surface area contributed by atoms with Crippen LogP contribution in [-0.2, 0) is 0 Å². The quantitative estimate of drug-likeness (QED) is 0.155. The van der Waals surface area contributed by atoms with Gasteiger partial charge in [0.1, 0.15) is 0 Å². The van der Waals surface area contributed by atoms with Crippen LogP contribution in [0, 0.1) is 0 Å². The van der Waals surface area contributed by atoms with Crippen LogP contribution in [0.2, 0.25) is 0 Å². The summed E-state index contributed by atoms with van der Waals surface area (Å²) in [6.07, 6.45) is 2.10. The molecule has 0 saturated heterocycles. The summed E-state index contributed by atoms with van der Waals surface area (Å²) in [6.45, 7) is 0. The first-order valence-corrected chi connectivity index (χ1v) is 15.1. The number of para-hydroxylation sites is 1. The van der Waals surface area contributed by atoms with Crippen molar-refractivity contribution in [2.75, 3.05) is 0 Å². The molecule has 0 N–H and O–H groups in total. The summed E-state index contributed by atoms with van der Waals surface area (Å²) in [5, 5.41) is 11.0. The fraction of sp³-hybridized carbons (Fsp3) is 0. The Morgan fingerprint density at radius 1 is 0.341 bits per heavy atom. The normalized spacial score (nSPS) is 11.6.